The van der Waals surface area contributed by atoms with Gasteiger partial charge in [-0.2, -0.15) is 4.99 Å². The van der Waals surface area contributed by atoms with Crippen molar-refractivity contribution in [2.45, 2.75) is 12.3 Å². The summed E-state index contributed by atoms with van der Waals surface area (Å²) in [6.45, 7) is 0. The first kappa shape index (κ1) is 12.0. The van der Waals surface area contributed by atoms with Crippen LogP contribution in [0.5, 0.6) is 0 Å². The van der Waals surface area contributed by atoms with E-state index in [0.29, 0.717) is 6.42 Å². The van der Waals surface area contributed by atoms with Crippen LogP contribution in [0, 0.1) is 16.0 Å². The van der Waals surface area contributed by atoms with Gasteiger partial charge < -0.3 is 11.5 Å². The Balaban J connectivity index is 2.12. The van der Waals surface area contributed by atoms with Crippen LogP contribution in [0.3, 0.4) is 0 Å². The smallest absolute Gasteiger partial charge is 0.269 e. The molecule has 1 aliphatic carbocycles. The van der Waals surface area contributed by atoms with Gasteiger partial charge in [-0.1, -0.05) is 12.1 Å². The van der Waals surface area contributed by atoms with Crippen molar-refractivity contribution in [2.75, 3.05) is 0 Å². The number of benzene rings is 1. The zero-order valence-electron chi connectivity index (χ0n) is 9.45. The number of carbonyl (C=O) groups excluding carboxylic acids is 1. The molecule has 0 aliphatic heterocycles. The monoisotopic (exact) mass is 248 g/mol. The molecule has 0 saturated heterocycles. The van der Waals surface area contributed by atoms with E-state index in [-0.39, 0.29) is 29.4 Å². The number of non-ortho nitro benzene ring substituents is 1. The number of hydrogen-bond acceptors (Lipinski definition) is 3. The first-order valence-electron chi connectivity index (χ1n) is 5.37. The fourth-order valence-electron chi connectivity index (χ4n) is 1.92. The lowest BCUT2D eigenvalue weighted by atomic mass is 10.1. The van der Waals surface area contributed by atoms with Crippen LogP contribution >= 0.6 is 0 Å². The minimum absolute atomic E-state index is 0.0208. The van der Waals surface area contributed by atoms with Crippen LogP contribution in [0.2, 0.25) is 0 Å². The number of nitrogens with two attached hydrogens (primary N) is 2. The van der Waals surface area contributed by atoms with Crippen molar-refractivity contribution in [3.8, 4) is 0 Å². The molecule has 1 saturated carbocycles. The Bertz CT molecular complexity index is 537. The van der Waals surface area contributed by atoms with Gasteiger partial charge in [0.25, 0.3) is 11.6 Å². The SMILES string of the molecule is NC(N)=NC(=O)[C@@H]1C[C@H]1c1cccc([N+](=O)[O-])c1. The van der Waals surface area contributed by atoms with Gasteiger partial charge in [-0.15, -0.1) is 0 Å². The van der Waals surface area contributed by atoms with Gasteiger partial charge in [0, 0.05) is 18.1 Å². The highest BCUT2D eigenvalue weighted by atomic mass is 16.6. The van der Waals surface area contributed by atoms with Crippen LogP contribution in [0.15, 0.2) is 29.3 Å². The summed E-state index contributed by atoms with van der Waals surface area (Å²) >= 11 is 0. The number of aliphatic imine (C=N–C) groups is 1. The van der Waals surface area contributed by atoms with Crippen LogP contribution in [-0.2, 0) is 4.79 Å². The molecule has 1 aliphatic rings. The van der Waals surface area contributed by atoms with Crippen molar-refractivity contribution in [3.63, 3.8) is 0 Å². The van der Waals surface area contributed by atoms with Crippen LogP contribution in [0.4, 0.5) is 5.69 Å². The molecule has 7 nitrogen and oxygen atoms in total. The molecule has 18 heavy (non-hydrogen) atoms. The standard InChI is InChI=1S/C11H12N4O3/c12-11(13)14-10(16)9-5-8(9)6-2-1-3-7(4-6)15(17)18/h1-4,8-9H,5H2,(H4,12,13,14,16)/t8-,9+/m0/s1. The van der Waals surface area contributed by atoms with Gasteiger partial charge >= 0.3 is 0 Å². The molecule has 1 aromatic rings. The van der Waals surface area contributed by atoms with E-state index in [9.17, 15) is 14.9 Å². The predicted octanol–water partition coefficient (Wildman–Crippen LogP) is 0.498. The Morgan fingerprint density at radius 1 is 1.44 bits per heavy atom. The van der Waals surface area contributed by atoms with Crippen LogP contribution < -0.4 is 11.5 Å². The Hall–Kier alpha value is -2.44. The maximum Gasteiger partial charge on any atom is 0.269 e. The summed E-state index contributed by atoms with van der Waals surface area (Å²) in [6.07, 6.45) is 0.622. The maximum atomic E-state index is 11.5. The number of carbonyl (C=O) groups is 1. The third-order valence-electron chi connectivity index (χ3n) is 2.86. The minimum Gasteiger partial charge on any atom is -0.370 e. The largest absolute Gasteiger partial charge is 0.370 e. The van der Waals surface area contributed by atoms with E-state index in [4.69, 9.17) is 11.5 Å². The van der Waals surface area contributed by atoms with Crippen LogP contribution in [-0.4, -0.2) is 16.8 Å². The van der Waals surface area contributed by atoms with E-state index < -0.39 is 4.92 Å². The highest BCUT2D eigenvalue weighted by Gasteiger charge is 2.44. The molecule has 1 amide bonds. The van der Waals surface area contributed by atoms with E-state index in [1.54, 1.807) is 12.1 Å². The van der Waals surface area contributed by atoms with Crippen molar-refractivity contribution < 1.29 is 9.72 Å². The third-order valence-corrected chi connectivity index (χ3v) is 2.86. The average molecular weight is 248 g/mol. The Kier molecular flexibility index (Phi) is 2.97. The highest BCUT2D eigenvalue weighted by molar-refractivity contribution is 5.94. The summed E-state index contributed by atoms with van der Waals surface area (Å²) in [4.78, 5) is 25.2. The first-order chi connectivity index (χ1) is 8.49. The molecule has 94 valence electrons. The fourth-order valence-corrected chi connectivity index (χ4v) is 1.92. The molecule has 1 aromatic carbocycles. The molecule has 4 N–H and O–H groups in total. The zero-order chi connectivity index (χ0) is 13.3. The zero-order valence-corrected chi connectivity index (χ0v) is 9.45. The van der Waals surface area contributed by atoms with Crippen molar-refractivity contribution in [1.82, 2.24) is 0 Å². The van der Waals surface area contributed by atoms with Crippen molar-refractivity contribution in [1.29, 1.82) is 0 Å². The number of nitro groups is 1. The average Bonchev–Trinajstić information content (AvgIpc) is 3.08. The number of amides is 1. The van der Waals surface area contributed by atoms with Gasteiger partial charge in [0.1, 0.15) is 0 Å². The number of rotatable bonds is 3. The summed E-state index contributed by atoms with van der Waals surface area (Å²) in [5.41, 5.74) is 11.0. The molecular weight excluding hydrogens is 236 g/mol. The molecule has 0 heterocycles. The van der Waals surface area contributed by atoms with Crippen molar-refractivity contribution in [3.05, 3.63) is 39.9 Å². The number of nitro benzene ring substituents is 1. The number of guanidine groups is 1. The second kappa shape index (κ2) is 4.44. The van der Waals surface area contributed by atoms with Crippen LogP contribution in [0.1, 0.15) is 17.9 Å². The van der Waals surface area contributed by atoms with Gasteiger partial charge in [0.15, 0.2) is 5.96 Å². The van der Waals surface area contributed by atoms with Gasteiger partial charge in [-0.05, 0) is 17.9 Å². The van der Waals surface area contributed by atoms with Gasteiger partial charge in [-0.25, -0.2) is 0 Å². The highest BCUT2D eigenvalue weighted by Crippen LogP contribution is 2.48. The normalized spacial score (nSPS) is 21.1. The summed E-state index contributed by atoms with van der Waals surface area (Å²) < 4.78 is 0. The quantitative estimate of drug-likeness (QED) is 0.348. The molecule has 0 spiro atoms. The molecule has 0 bridgehead atoms. The van der Waals surface area contributed by atoms with E-state index in [1.165, 1.54) is 12.1 Å². The summed E-state index contributed by atoms with van der Waals surface area (Å²) in [6, 6.07) is 6.26. The topological polar surface area (TPSA) is 125 Å². The molecule has 1 fully saturated rings. The van der Waals surface area contributed by atoms with Gasteiger partial charge in [0.2, 0.25) is 0 Å². The van der Waals surface area contributed by atoms with Crippen LogP contribution in [0.25, 0.3) is 0 Å². The molecule has 7 heteroatoms. The molecule has 0 radical (unpaired) electrons. The fraction of sp³-hybridized carbons (Fsp3) is 0.273. The van der Waals surface area contributed by atoms with Crippen molar-refractivity contribution in [2.24, 2.45) is 22.4 Å². The van der Waals surface area contributed by atoms with E-state index >= 15 is 0 Å². The minimum atomic E-state index is -0.460. The Morgan fingerprint density at radius 3 is 2.78 bits per heavy atom. The molecule has 0 unspecified atom stereocenters. The Morgan fingerprint density at radius 2 is 2.17 bits per heavy atom. The lowest BCUT2D eigenvalue weighted by Gasteiger charge is -1.98. The lowest BCUT2D eigenvalue weighted by Crippen LogP contribution is -2.24. The van der Waals surface area contributed by atoms with Gasteiger partial charge in [-0.3, -0.25) is 14.9 Å². The number of nitrogens with zero attached hydrogens (tertiary/aromatic N) is 2. The summed E-state index contributed by atoms with van der Waals surface area (Å²) in [5.74, 6) is -0.925. The van der Waals surface area contributed by atoms with E-state index in [0.717, 1.165) is 5.56 Å². The molecular formula is C11H12N4O3. The first-order valence-corrected chi connectivity index (χ1v) is 5.37. The van der Waals surface area contributed by atoms with Crippen molar-refractivity contribution >= 4 is 17.6 Å². The maximum absolute atomic E-state index is 11.5. The Labute approximate surface area is 103 Å². The van der Waals surface area contributed by atoms with E-state index in [1.807, 2.05) is 0 Å². The predicted molar refractivity (Wildman–Crippen MR) is 64.8 cm³/mol. The molecule has 2 rings (SSSR count). The summed E-state index contributed by atoms with van der Waals surface area (Å²) in [7, 11) is 0. The molecule has 0 aromatic heterocycles. The second-order valence-electron chi connectivity index (χ2n) is 4.18. The van der Waals surface area contributed by atoms with E-state index in [2.05, 4.69) is 4.99 Å². The lowest BCUT2D eigenvalue weighted by molar-refractivity contribution is -0.384. The van der Waals surface area contributed by atoms with Gasteiger partial charge in [0.05, 0.1) is 4.92 Å². The molecule has 2 atom stereocenters. The third kappa shape index (κ3) is 2.45. The number of hydrogen-bond donors (Lipinski definition) is 2. The summed E-state index contributed by atoms with van der Waals surface area (Å²) in [5, 5.41) is 10.6. The second-order valence-corrected chi connectivity index (χ2v) is 4.18.